The van der Waals surface area contributed by atoms with Crippen LogP contribution in [0.5, 0.6) is 0 Å². The van der Waals surface area contributed by atoms with E-state index in [2.05, 4.69) is 58.8 Å². The van der Waals surface area contributed by atoms with Gasteiger partial charge in [0.1, 0.15) is 0 Å². The summed E-state index contributed by atoms with van der Waals surface area (Å²) in [7, 11) is 0. The first-order valence-electron chi connectivity index (χ1n) is 6.53. The van der Waals surface area contributed by atoms with Gasteiger partial charge in [-0.1, -0.05) is 30.3 Å². The lowest BCUT2D eigenvalue weighted by atomic mass is 10.1. The molecule has 19 heavy (non-hydrogen) atoms. The molecule has 0 saturated carbocycles. The lowest BCUT2D eigenvalue weighted by Gasteiger charge is -2.06. The van der Waals surface area contributed by atoms with Gasteiger partial charge in [0.15, 0.2) is 0 Å². The maximum atomic E-state index is 4.29. The van der Waals surface area contributed by atoms with Crippen molar-refractivity contribution in [1.82, 2.24) is 4.98 Å². The minimum Gasteiger partial charge on any atom is -0.385 e. The number of benzene rings is 2. The number of aromatic nitrogens is 1. The van der Waals surface area contributed by atoms with E-state index in [1.807, 2.05) is 5.51 Å². The fourth-order valence-corrected chi connectivity index (χ4v) is 2.85. The summed E-state index contributed by atoms with van der Waals surface area (Å²) >= 11 is 1.69. The van der Waals surface area contributed by atoms with Crippen LogP contribution < -0.4 is 5.32 Å². The minimum absolute atomic E-state index is 0.999. The van der Waals surface area contributed by atoms with Crippen molar-refractivity contribution in [3.63, 3.8) is 0 Å². The van der Waals surface area contributed by atoms with Crippen molar-refractivity contribution in [2.75, 3.05) is 11.9 Å². The number of rotatable bonds is 5. The number of thiazole rings is 1. The Balaban J connectivity index is 1.52. The summed E-state index contributed by atoms with van der Waals surface area (Å²) in [6, 6.07) is 17.0. The molecule has 0 unspecified atom stereocenters. The summed E-state index contributed by atoms with van der Waals surface area (Å²) in [5.74, 6) is 0. The zero-order valence-corrected chi connectivity index (χ0v) is 11.5. The van der Waals surface area contributed by atoms with Crippen LogP contribution in [0.1, 0.15) is 12.0 Å². The summed E-state index contributed by atoms with van der Waals surface area (Å²) in [6.07, 6.45) is 2.27. The van der Waals surface area contributed by atoms with Crippen molar-refractivity contribution in [2.45, 2.75) is 12.8 Å². The molecule has 0 amide bonds. The topological polar surface area (TPSA) is 24.9 Å². The second kappa shape index (κ2) is 5.85. The van der Waals surface area contributed by atoms with Gasteiger partial charge in [-0.05, 0) is 36.6 Å². The van der Waals surface area contributed by atoms with Gasteiger partial charge in [-0.15, -0.1) is 11.3 Å². The van der Waals surface area contributed by atoms with Gasteiger partial charge in [0, 0.05) is 12.2 Å². The molecular formula is C16H16N2S. The molecule has 96 valence electrons. The Morgan fingerprint density at radius 1 is 1.05 bits per heavy atom. The van der Waals surface area contributed by atoms with E-state index in [0.29, 0.717) is 0 Å². The molecule has 0 fully saturated rings. The van der Waals surface area contributed by atoms with Crippen LogP contribution in [-0.2, 0) is 6.42 Å². The normalized spacial score (nSPS) is 10.7. The van der Waals surface area contributed by atoms with Gasteiger partial charge in [0.05, 0.1) is 15.7 Å². The lowest BCUT2D eigenvalue weighted by molar-refractivity contribution is 0.863. The maximum absolute atomic E-state index is 4.29. The summed E-state index contributed by atoms with van der Waals surface area (Å²) in [5, 5.41) is 3.48. The molecule has 3 heteroatoms. The van der Waals surface area contributed by atoms with Crippen LogP contribution in [0.25, 0.3) is 10.2 Å². The van der Waals surface area contributed by atoms with Gasteiger partial charge in [0.25, 0.3) is 0 Å². The number of nitrogens with zero attached hydrogens (tertiary/aromatic N) is 1. The Morgan fingerprint density at radius 3 is 2.84 bits per heavy atom. The first kappa shape index (κ1) is 12.2. The molecule has 3 aromatic rings. The standard InChI is InChI=1S/C16H16N2S/c1-2-5-13(6-3-1)7-4-10-17-14-8-9-15-16(11-14)19-12-18-15/h1-3,5-6,8-9,11-12,17H,4,7,10H2. The van der Waals surface area contributed by atoms with E-state index in [-0.39, 0.29) is 0 Å². The number of hydrogen-bond donors (Lipinski definition) is 1. The van der Waals surface area contributed by atoms with Crippen LogP contribution in [0.2, 0.25) is 0 Å². The molecule has 2 aromatic carbocycles. The van der Waals surface area contributed by atoms with E-state index in [4.69, 9.17) is 0 Å². The van der Waals surface area contributed by atoms with Crippen molar-refractivity contribution in [1.29, 1.82) is 0 Å². The van der Waals surface area contributed by atoms with Crippen LogP contribution in [0.4, 0.5) is 5.69 Å². The summed E-state index contributed by atoms with van der Waals surface area (Å²) in [5.41, 5.74) is 5.57. The van der Waals surface area contributed by atoms with Gasteiger partial charge < -0.3 is 5.32 Å². The fraction of sp³-hybridized carbons (Fsp3) is 0.188. The number of aryl methyl sites for hydroxylation is 1. The highest BCUT2D eigenvalue weighted by molar-refractivity contribution is 7.16. The van der Waals surface area contributed by atoms with E-state index >= 15 is 0 Å². The summed E-state index contributed by atoms with van der Waals surface area (Å²) in [4.78, 5) is 4.29. The molecule has 0 aliphatic rings. The highest BCUT2D eigenvalue weighted by atomic mass is 32.1. The van der Waals surface area contributed by atoms with E-state index in [9.17, 15) is 0 Å². The lowest BCUT2D eigenvalue weighted by Crippen LogP contribution is -2.02. The minimum atomic E-state index is 0.999. The molecule has 3 rings (SSSR count). The van der Waals surface area contributed by atoms with Crippen LogP contribution >= 0.6 is 11.3 Å². The fourth-order valence-electron chi connectivity index (χ4n) is 2.13. The number of anilines is 1. The maximum Gasteiger partial charge on any atom is 0.0813 e. The quantitative estimate of drug-likeness (QED) is 0.696. The largest absolute Gasteiger partial charge is 0.385 e. The molecular weight excluding hydrogens is 252 g/mol. The number of nitrogens with one attached hydrogen (secondary N) is 1. The van der Waals surface area contributed by atoms with E-state index < -0.39 is 0 Å². The van der Waals surface area contributed by atoms with Gasteiger partial charge in [-0.3, -0.25) is 0 Å². The van der Waals surface area contributed by atoms with Crippen molar-refractivity contribution in [3.05, 3.63) is 59.6 Å². The highest BCUT2D eigenvalue weighted by Gasteiger charge is 1.98. The van der Waals surface area contributed by atoms with E-state index in [1.54, 1.807) is 11.3 Å². The average Bonchev–Trinajstić information content (AvgIpc) is 2.92. The number of hydrogen-bond acceptors (Lipinski definition) is 3. The third-order valence-corrected chi connectivity index (χ3v) is 3.94. The molecule has 0 aliphatic heterocycles. The highest BCUT2D eigenvalue weighted by Crippen LogP contribution is 2.21. The molecule has 2 nitrogen and oxygen atoms in total. The molecule has 0 atom stereocenters. The molecule has 0 spiro atoms. The van der Waals surface area contributed by atoms with Crippen LogP contribution in [-0.4, -0.2) is 11.5 Å². The molecule has 1 heterocycles. The first-order chi connectivity index (χ1) is 9.42. The van der Waals surface area contributed by atoms with Crippen LogP contribution in [0, 0.1) is 0 Å². The molecule has 1 N–H and O–H groups in total. The summed E-state index contributed by atoms with van der Waals surface area (Å²) in [6.45, 7) is 0.999. The second-order valence-corrected chi connectivity index (χ2v) is 5.44. The monoisotopic (exact) mass is 268 g/mol. The third kappa shape index (κ3) is 3.12. The van der Waals surface area contributed by atoms with Gasteiger partial charge >= 0.3 is 0 Å². The Kier molecular flexibility index (Phi) is 3.75. The molecule has 0 aliphatic carbocycles. The molecule has 1 aromatic heterocycles. The van der Waals surface area contributed by atoms with Crippen molar-refractivity contribution in [3.8, 4) is 0 Å². The second-order valence-electron chi connectivity index (χ2n) is 4.55. The molecule has 0 bridgehead atoms. The van der Waals surface area contributed by atoms with Crippen molar-refractivity contribution in [2.24, 2.45) is 0 Å². The van der Waals surface area contributed by atoms with Gasteiger partial charge in [-0.25, -0.2) is 4.98 Å². The smallest absolute Gasteiger partial charge is 0.0813 e. The SMILES string of the molecule is c1ccc(CCCNc2ccc3ncsc3c2)cc1. The third-order valence-electron chi connectivity index (χ3n) is 3.15. The van der Waals surface area contributed by atoms with Crippen molar-refractivity contribution >= 4 is 27.2 Å². The van der Waals surface area contributed by atoms with E-state index in [0.717, 1.165) is 24.9 Å². The van der Waals surface area contributed by atoms with Gasteiger partial charge in [0.2, 0.25) is 0 Å². The summed E-state index contributed by atoms with van der Waals surface area (Å²) < 4.78 is 1.24. The van der Waals surface area contributed by atoms with Crippen LogP contribution in [0.3, 0.4) is 0 Å². The first-order valence-corrected chi connectivity index (χ1v) is 7.41. The van der Waals surface area contributed by atoms with Crippen LogP contribution in [0.15, 0.2) is 54.0 Å². The predicted octanol–water partition coefficient (Wildman–Crippen LogP) is 4.34. The zero-order valence-electron chi connectivity index (χ0n) is 10.7. The molecule has 0 radical (unpaired) electrons. The van der Waals surface area contributed by atoms with Gasteiger partial charge in [-0.2, -0.15) is 0 Å². The average molecular weight is 268 g/mol. The molecule has 0 saturated heterocycles. The Hall–Kier alpha value is -1.87. The number of fused-ring (bicyclic) bond motifs is 1. The zero-order chi connectivity index (χ0) is 12.9. The van der Waals surface area contributed by atoms with E-state index in [1.165, 1.54) is 16.0 Å². The Labute approximate surface area is 117 Å². The van der Waals surface area contributed by atoms with Crippen molar-refractivity contribution < 1.29 is 0 Å². The predicted molar refractivity (Wildman–Crippen MR) is 82.9 cm³/mol. The Bertz CT molecular complexity index is 646. The Morgan fingerprint density at radius 2 is 1.95 bits per heavy atom.